The molecule has 0 N–H and O–H groups in total. The van der Waals surface area contributed by atoms with Crippen LogP contribution in [0.25, 0.3) is 11.5 Å². The van der Waals surface area contributed by atoms with E-state index in [4.69, 9.17) is 9.15 Å². The molecule has 1 atom stereocenters. The molecule has 2 heterocycles. The van der Waals surface area contributed by atoms with E-state index in [2.05, 4.69) is 5.10 Å². The van der Waals surface area contributed by atoms with Crippen LogP contribution in [0.5, 0.6) is 0 Å². The van der Waals surface area contributed by atoms with Gasteiger partial charge >= 0.3 is 11.7 Å². The summed E-state index contributed by atoms with van der Waals surface area (Å²) in [6, 6.07) is 17.8. The van der Waals surface area contributed by atoms with E-state index in [1.807, 2.05) is 12.1 Å². The molecular formula is C23H23N3O5. The van der Waals surface area contributed by atoms with Crippen molar-refractivity contribution < 1.29 is 18.7 Å². The van der Waals surface area contributed by atoms with E-state index in [9.17, 15) is 14.4 Å². The molecule has 1 saturated heterocycles. The zero-order valence-corrected chi connectivity index (χ0v) is 17.0. The number of carbonyl (C=O) groups is 2. The summed E-state index contributed by atoms with van der Waals surface area (Å²) in [4.78, 5) is 39.6. The predicted molar refractivity (Wildman–Crippen MR) is 112 cm³/mol. The topological polar surface area (TPSA) is 94.6 Å². The lowest BCUT2D eigenvalue weighted by Gasteiger charge is -2.30. The van der Waals surface area contributed by atoms with Crippen LogP contribution in [0.2, 0.25) is 0 Å². The molecule has 160 valence electrons. The summed E-state index contributed by atoms with van der Waals surface area (Å²) in [5.74, 6) is -1.65. The molecule has 0 saturated carbocycles. The molecule has 1 aliphatic heterocycles. The average Bonchev–Trinajstić information content (AvgIpc) is 3.19. The Balaban J connectivity index is 1.51. The van der Waals surface area contributed by atoms with Crippen molar-refractivity contribution in [3.8, 4) is 11.5 Å². The third-order valence-corrected chi connectivity index (χ3v) is 5.15. The highest BCUT2D eigenvalue weighted by atomic mass is 16.5. The molecule has 0 aliphatic carbocycles. The van der Waals surface area contributed by atoms with Gasteiger partial charge in [-0.2, -0.15) is 4.68 Å². The number of amides is 1. The van der Waals surface area contributed by atoms with Gasteiger partial charge in [-0.1, -0.05) is 48.5 Å². The molecule has 8 heteroatoms. The van der Waals surface area contributed by atoms with Gasteiger partial charge in [0.15, 0.2) is 0 Å². The molecule has 4 rings (SSSR count). The van der Waals surface area contributed by atoms with E-state index in [0.29, 0.717) is 24.2 Å². The highest BCUT2D eigenvalue weighted by molar-refractivity contribution is 5.85. The molecule has 1 unspecified atom stereocenters. The van der Waals surface area contributed by atoms with Crippen LogP contribution >= 0.6 is 0 Å². The molecule has 3 aromatic rings. The van der Waals surface area contributed by atoms with Crippen LogP contribution in [0, 0.1) is 0 Å². The van der Waals surface area contributed by atoms with E-state index in [0.717, 1.165) is 23.9 Å². The molecule has 1 aliphatic rings. The first-order valence-corrected chi connectivity index (χ1v) is 10.3. The summed E-state index contributed by atoms with van der Waals surface area (Å²) in [5, 5.41) is 4.08. The van der Waals surface area contributed by atoms with Crippen molar-refractivity contribution in [1.29, 1.82) is 0 Å². The fraction of sp³-hybridized carbons (Fsp3) is 0.304. The molecule has 1 fully saturated rings. The van der Waals surface area contributed by atoms with Crippen LogP contribution < -0.4 is 5.76 Å². The molecule has 1 aromatic heterocycles. The number of rotatable bonds is 6. The van der Waals surface area contributed by atoms with Crippen LogP contribution in [0.3, 0.4) is 0 Å². The largest absolute Gasteiger partial charge is 0.446 e. The van der Waals surface area contributed by atoms with Crippen molar-refractivity contribution in [2.75, 3.05) is 13.1 Å². The number of nitrogens with zero attached hydrogens (tertiary/aromatic N) is 3. The molecule has 31 heavy (non-hydrogen) atoms. The lowest BCUT2D eigenvalue weighted by Crippen LogP contribution is -2.40. The lowest BCUT2D eigenvalue weighted by atomic mass is 10.1. The number of aromatic nitrogens is 2. The van der Waals surface area contributed by atoms with Crippen molar-refractivity contribution in [2.24, 2.45) is 0 Å². The van der Waals surface area contributed by atoms with Crippen molar-refractivity contribution >= 4 is 11.9 Å². The van der Waals surface area contributed by atoms with Gasteiger partial charge in [-0.05, 0) is 31.4 Å². The maximum atomic E-state index is 13.1. The first-order chi connectivity index (χ1) is 15.1. The van der Waals surface area contributed by atoms with Crippen LogP contribution in [-0.2, 0) is 20.9 Å². The third kappa shape index (κ3) is 4.91. The summed E-state index contributed by atoms with van der Waals surface area (Å²) in [5.41, 5.74) is 1.21. The van der Waals surface area contributed by atoms with Crippen LogP contribution in [0.15, 0.2) is 69.9 Å². The van der Waals surface area contributed by atoms with Gasteiger partial charge < -0.3 is 14.1 Å². The second-order valence-corrected chi connectivity index (χ2v) is 7.36. The number of hydrogen-bond donors (Lipinski definition) is 0. The number of piperidine rings is 1. The Morgan fingerprint density at radius 3 is 2.29 bits per heavy atom. The van der Waals surface area contributed by atoms with Crippen molar-refractivity contribution in [3.05, 3.63) is 76.8 Å². The van der Waals surface area contributed by atoms with Gasteiger partial charge in [0.1, 0.15) is 6.54 Å². The zero-order chi connectivity index (χ0) is 21.6. The number of ether oxygens (including phenoxy) is 1. The first kappa shape index (κ1) is 20.6. The number of hydrogen-bond acceptors (Lipinski definition) is 6. The average molecular weight is 421 g/mol. The molecular weight excluding hydrogens is 398 g/mol. The number of likely N-dealkylation sites (tertiary alicyclic amines) is 1. The SMILES string of the molecule is O=C(Cn1nc(-c2ccccc2)oc1=O)OC(C(=O)N1CCCCC1)c1ccccc1. The van der Waals surface area contributed by atoms with Crippen LogP contribution in [0.1, 0.15) is 30.9 Å². The van der Waals surface area contributed by atoms with Crippen molar-refractivity contribution in [1.82, 2.24) is 14.7 Å². The normalized spacial score (nSPS) is 14.8. The van der Waals surface area contributed by atoms with E-state index < -0.39 is 24.4 Å². The van der Waals surface area contributed by atoms with Gasteiger partial charge in [0.2, 0.25) is 12.0 Å². The van der Waals surface area contributed by atoms with E-state index in [1.165, 1.54) is 0 Å². The molecule has 0 bridgehead atoms. The second kappa shape index (κ2) is 9.42. The highest BCUT2D eigenvalue weighted by Gasteiger charge is 2.30. The van der Waals surface area contributed by atoms with Gasteiger partial charge in [0.05, 0.1) is 0 Å². The first-order valence-electron chi connectivity index (χ1n) is 10.3. The van der Waals surface area contributed by atoms with E-state index in [1.54, 1.807) is 53.4 Å². The molecule has 2 aromatic carbocycles. The summed E-state index contributed by atoms with van der Waals surface area (Å²) in [7, 11) is 0. The zero-order valence-electron chi connectivity index (χ0n) is 17.0. The Kier molecular flexibility index (Phi) is 6.26. The third-order valence-electron chi connectivity index (χ3n) is 5.15. The van der Waals surface area contributed by atoms with E-state index in [-0.39, 0.29) is 11.8 Å². The Bertz CT molecular complexity index is 1090. The molecule has 1 amide bonds. The Morgan fingerprint density at radius 1 is 0.968 bits per heavy atom. The summed E-state index contributed by atoms with van der Waals surface area (Å²) < 4.78 is 11.6. The van der Waals surface area contributed by atoms with E-state index >= 15 is 0 Å². The quantitative estimate of drug-likeness (QED) is 0.568. The Morgan fingerprint density at radius 2 is 1.61 bits per heavy atom. The van der Waals surface area contributed by atoms with Gasteiger partial charge in [0, 0.05) is 24.2 Å². The monoisotopic (exact) mass is 421 g/mol. The summed E-state index contributed by atoms with van der Waals surface area (Å²) in [6.07, 6.45) is 1.87. The Hall–Kier alpha value is -3.68. The van der Waals surface area contributed by atoms with Crippen LogP contribution in [-0.4, -0.2) is 39.6 Å². The fourth-order valence-corrected chi connectivity index (χ4v) is 3.56. The fourth-order valence-electron chi connectivity index (χ4n) is 3.56. The van der Waals surface area contributed by atoms with Gasteiger partial charge in [0.25, 0.3) is 5.91 Å². The Labute approximate surface area is 179 Å². The minimum Gasteiger partial charge on any atom is -0.446 e. The molecule has 0 spiro atoms. The minimum absolute atomic E-state index is 0.113. The second-order valence-electron chi connectivity index (χ2n) is 7.36. The number of carbonyl (C=O) groups excluding carboxylic acids is 2. The molecule has 0 radical (unpaired) electrons. The number of benzene rings is 2. The smallest absolute Gasteiger partial charge is 0.437 e. The highest BCUT2D eigenvalue weighted by Crippen LogP contribution is 2.23. The van der Waals surface area contributed by atoms with Gasteiger partial charge in [-0.3, -0.25) is 9.59 Å². The standard InChI is InChI=1S/C23H23N3O5/c27-19(16-26-23(29)31-21(24-26)18-12-6-2-7-13-18)30-20(17-10-4-1-5-11-17)22(28)25-14-8-3-9-15-25/h1-2,4-7,10-13,20H,3,8-9,14-16H2. The summed E-state index contributed by atoms with van der Waals surface area (Å²) >= 11 is 0. The van der Waals surface area contributed by atoms with Gasteiger partial charge in [-0.25, -0.2) is 4.79 Å². The van der Waals surface area contributed by atoms with Crippen molar-refractivity contribution in [3.63, 3.8) is 0 Å². The van der Waals surface area contributed by atoms with Crippen molar-refractivity contribution in [2.45, 2.75) is 31.9 Å². The predicted octanol–water partition coefficient (Wildman–Crippen LogP) is 2.80. The maximum absolute atomic E-state index is 13.1. The molecule has 8 nitrogen and oxygen atoms in total. The van der Waals surface area contributed by atoms with Gasteiger partial charge in [-0.15, -0.1) is 5.10 Å². The minimum atomic E-state index is -1.07. The lowest BCUT2D eigenvalue weighted by molar-refractivity contribution is -0.162. The summed E-state index contributed by atoms with van der Waals surface area (Å²) in [6.45, 7) is 0.831. The maximum Gasteiger partial charge on any atom is 0.437 e. The number of esters is 1. The van der Waals surface area contributed by atoms with Crippen LogP contribution in [0.4, 0.5) is 0 Å².